The first-order chi connectivity index (χ1) is 8.17. The third-order valence-corrected chi connectivity index (χ3v) is 4.18. The Labute approximate surface area is 103 Å². The van der Waals surface area contributed by atoms with Gasteiger partial charge in [-0.05, 0) is 44.7 Å². The highest BCUT2D eigenvalue weighted by molar-refractivity contribution is 5.18. The Morgan fingerprint density at radius 2 is 2.24 bits per heavy atom. The van der Waals surface area contributed by atoms with Gasteiger partial charge in [-0.1, -0.05) is 0 Å². The summed E-state index contributed by atoms with van der Waals surface area (Å²) in [6.07, 6.45) is 3.65. The Morgan fingerprint density at radius 3 is 2.88 bits per heavy atom. The lowest BCUT2D eigenvalue weighted by atomic mass is 10.00. The summed E-state index contributed by atoms with van der Waals surface area (Å²) in [5.74, 6) is 2.14. The molecular formula is C14H21NO2. The Kier molecular flexibility index (Phi) is 2.75. The van der Waals surface area contributed by atoms with E-state index in [-0.39, 0.29) is 5.60 Å². The SMILES string of the molecule is Cc1cc(CN2CC[C@]3(CCCO3)C2)oc1C. The number of likely N-dealkylation sites (tertiary alicyclic amines) is 1. The van der Waals surface area contributed by atoms with E-state index in [1.807, 2.05) is 6.92 Å². The van der Waals surface area contributed by atoms with E-state index in [4.69, 9.17) is 9.15 Å². The maximum Gasteiger partial charge on any atom is 0.118 e. The van der Waals surface area contributed by atoms with Gasteiger partial charge in [0.15, 0.2) is 0 Å². The number of furan rings is 1. The summed E-state index contributed by atoms with van der Waals surface area (Å²) in [6.45, 7) is 8.23. The number of hydrogen-bond donors (Lipinski definition) is 0. The second-order valence-electron chi connectivity index (χ2n) is 5.55. The van der Waals surface area contributed by atoms with Crippen molar-refractivity contribution in [2.45, 2.75) is 45.3 Å². The Hall–Kier alpha value is -0.800. The maximum absolute atomic E-state index is 5.93. The molecule has 3 heterocycles. The first-order valence-electron chi connectivity index (χ1n) is 6.59. The number of aryl methyl sites for hydroxylation is 2. The molecule has 0 bridgehead atoms. The molecule has 2 aliphatic rings. The minimum Gasteiger partial charge on any atom is -0.465 e. The van der Waals surface area contributed by atoms with E-state index in [9.17, 15) is 0 Å². The van der Waals surface area contributed by atoms with Crippen LogP contribution in [0.1, 0.15) is 36.3 Å². The molecule has 0 N–H and O–H groups in total. The normalized spacial score (nSPS) is 29.5. The van der Waals surface area contributed by atoms with Crippen LogP contribution in [0.25, 0.3) is 0 Å². The molecule has 17 heavy (non-hydrogen) atoms. The van der Waals surface area contributed by atoms with Crippen molar-refractivity contribution in [2.24, 2.45) is 0 Å². The fourth-order valence-corrected chi connectivity index (χ4v) is 3.09. The minimum atomic E-state index is 0.177. The van der Waals surface area contributed by atoms with E-state index in [0.29, 0.717) is 0 Å². The third kappa shape index (κ3) is 2.14. The van der Waals surface area contributed by atoms with E-state index >= 15 is 0 Å². The number of hydrogen-bond acceptors (Lipinski definition) is 3. The van der Waals surface area contributed by atoms with Crippen LogP contribution in [-0.2, 0) is 11.3 Å². The number of nitrogens with zero attached hydrogens (tertiary/aromatic N) is 1. The molecule has 0 aliphatic carbocycles. The van der Waals surface area contributed by atoms with Gasteiger partial charge in [0.05, 0.1) is 12.1 Å². The molecule has 0 amide bonds. The van der Waals surface area contributed by atoms with Crippen molar-refractivity contribution in [3.63, 3.8) is 0 Å². The van der Waals surface area contributed by atoms with Crippen LogP contribution in [0, 0.1) is 13.8 Å². The Bertz CT molecular complexity index is 385. The van der Waals surface area contributed by atoms with Gasteiger partial charge < -0.3 is 9.15 Å². The van der Waals surface area contributed by atoms with Crippen molar-refractivity contribution in [1.29, 1.82) is 0 Å². The van der Waals surface area contributed by atoms with Crippen molar-refractivity contribution >= 4 is 0 Å². The summed E-state index contributed by atoms with van der Waals surface area (Å²) < 4.78 is 11.7. The van der Waals surface area contributed by atoms with E-state index in [2.05, 4.69) is 17.9 Å². The van der Waals surface area contributed by atoms with Crippen LogP contribution in [-0.4, -0.2) is 30.2 Å². The summed E-state index contributed by atoms with van der Waals surface area (Å²) in [4.78, 5) is 2.46. The lowest BCUT2D eigenvalue weighted by Crippen LogP contribution is -2.32. The lowest BCUT2D eigenvalue weighted by Gasteiger charge is -2.22. The zero-order chi connectivity index (χ0) is 11.9. The van der Waals surface area contributed by atoms with E-state index in [1.165, 1.54) is 24.8 Å². The van der Waals surface area contributed by atoms with Crippen LogP contribution >= 0.6 is 0 Å². The van der Waals surface area contributed by atoms with Crippen molar-refractivity contribution in [3.05, 3.63) is 23.2 Å². The molecule has 3 rings (SSSR count). The molecule has 0 saturated carbocycles. The fraction of sp³-hybridized carbons (Fsp3) is 0.714. The first kappa shape index (κ1) is 11.3. The predicted octanol–water partition coefficient (Wildman–Crippen LogP) is 2.65. The molecule has 1 aromatic heterocycles. The summed E-state index contributed by atoms with van der Waals surface area (Å²) in [5, 5.41) is 0. The summed E-state index contributed by atoms with van der Waals surface area (Å²) in [5.41, 5.74) is 1.43. The molecule has 1 spiro atoms. The fourth-order valence-electron chi connectivity index (χ4n) is 3.09. The molecule has 2 aliphatic heterocycles. The summed E-state index contributed by atoms with van der Waals surface area (Å²) in [6, 6.07) is 2.16. The highest BCUT2D eigenvalue weighted by Gasteiger charge is 2.41. The first-order valence-corrected chi connectivity index (χ1v) is 6.59. The molecule has 94 valence electrons. The highest BCUT2D eigenvalue weighted by atomic mass is 16.5. The molecule has 1 atom stereocenters. The van der Waals surface area contributed by atoms with E-state index in [1.54, 1.807) is 0 Å². The van der Waals surface area contributed by atoms with Gasteiger partial charge >= 0.3 is 0 Å². The molecule has 3 nitrogen and oxygen atoms in total. The van der Waals surface area contributed by atoms with E-state index in [0.717, 1.165) is 37.8 Å². The van der Waals surface area contributed by atoms with Crippen molar-refractivity contribution in [2.75, 3.05) is 19.7 Å². The van der Waals surface area contributed by atoms with Gasteiger partial charge in [0.25, 0.3) is 0 Å². The molecule has 3 heteroatoms. The molecular weight excluding hydrogens is 214 g/mol. The summed E-state index contributed by atoms with van der Waals surface area (Å²) in [7, 11) is 0. The standard InChI is InChI=1S/C14H21NO2/c1-11-8-13(17-12(11)2)9-15-6-5-14(10-15)4-3-7-16-14/h8H,3-7,9-10H2,1-2H3/t14-/m1/s1. The van der Waals surface area contributed by atoms with Gasteiger partial charge in [-0.25, -0.2) is 0 Å². The second-order valence-corrected chi connectivity index (χ2v) is 5.55. The lowest BCUT2D eigenvalue weighted by molar-refractivity contribution is 0.0118. The Balaban J connectivity index is 1.63. The molecule has 1 aromatic rings. The van der Waals surface area contributed by atoms with Crippen molar-refractivity contribution in [1.82, 2.24) is 4.90 Å². The van der Waals surface area contributed by atoms with Crippen molar-refractivity contribution < 1.29 is 9.15 Å². The average molecular weight is 235 g/mol. The van der Waals surface area contributed by atoms with E-state index < -0.39 is 0 Å². The monoisotopic (exact) mass is 235 g/mol. The molecule has 2 fully saturated rings. The zero-order valence-corrected chi connectivity index (χ0v) is 10.8. The Morgan fingerprint density at radius 1 is 1.35 bits per heavy atom. The van der Waals surface area contributed by atoms with Crippen LogP contribution in [0.2, 0.25) is 0 Å². The average Bonchev–Trinajstić information content (AvgIpc) is 2.96. The van der Waals surface area contributed by atoms with Gasteiger partial charge in [0.1, 0.15) is 11.5 Å². The topological polar surface area (TPSA) is 25.6 Å². The molecule has 0 unspecified atom stereocenters. The van der Waals surface area contributed by atoms with Gasteiger partial charge in [0, 0.05) is 19.7 Å². The maximum atomic E-state index is 5.93. The zero-order valence-electron chi connectivity index (χ0n) is 10.8. The number of rotatable bonds is 2. The summed E-state index contributed by atoms with van der Waals surface area (Å²) >= 11 is 0. The van der Waals surface area contributed by atoms with Gasteiger partial charge in [0.2, 0.25) is 0 Å². The largest absolute Gasteiger partial charge is 0.465 e. The molecule has 2 saturated heterocycles. The quantitative estimate of drug-likeness (QED) is 0.788. The molecule has 0 aromatic carbocycles. The van der Waals surface area contributed by atoms with Gasteiger partial charge in [-0.2, -0.15) is 0 Å². The van der Waals surface area contributed by atoms with Crippen LogP contribution in [0.4, 0.5) is 0 Å². The third-order valence-electron chi connectivity index (χ3n) is 4.18. The van der Waals surface area contributed by atoms with Gasteiger partial charge in [-0.15, -0.1) is 0 Å². The minimum absolute atomic E-state index is 0.177. The van der Waals surface area contributed by atoms with Crippen LogP contribution < -0.4 is 0 Å². The van der Waals surface area contributed by atoms with Crippen LogP contribution in [0.15, 0.2) is 10.5 Å². The van der Waals surface area contributed by atoms with Crippen LogP contribution in [0.5, 0.6) is 0 Å². The van der Waals surface area contributed by atoms with Crippen molar-refractivity contribution in [3.8, 4) is 0 Å². The van der Waals surface area contributed by atoms with Crippen LogP contribution in [0.3, 0.4) is 0 Å². The smallest absolute Gasteiger partial charge is 0.118 e. The highest BCUT2D eigenvalue weighted by Crippen LogP contribution is 2.35. The predicted molar refractivity (Wildman–Crippen MR) is 66.0 cm³/mol. The molecule has 0 radical (unpaired) electrons. The van der Waals surface area contributed by atoms with Gasteiger partial charge in [-0.3, -0.25) is 4.90 Å². The number of ether oxygens (including phenoxy) is 1. The second kappa shape index (κ2) is 4.14.